The summed E-state index contributed by atoms with van der Waals surface area (Å²) in [5, 5.41) is -12.5. The number of hydrogen-bond donors (Lipinski definition) is 0. The van der Waals surface area contributed by atoms with Gasteiger partial charge in [-0.3, -0.25) is 0 Å². The van der Waals surface area contributed by atoms with Crippen molar-refractivity contribution in [3.8, 4) is 0 Å². The minimum absolute atomic E-state index is 0.546. The third-order valence-corrected chi connectivity index (χ3v) is 4.86. The van der Waals surface area contributed by atoms with E-state index in [0.717, 1.165) is 12.1 Å². The van der Waals surface area contributed by atoms with E-state index >= 15 is 0 Å². The highest BCUT2D eigenvalue weighted by atomic mass is 32.3. The molecule has 19 heavy (non-hydrogen) atoms. The minimum Gasteiger partial charge on any atom is -0.217 e. The van der Waals surface area contributed by atoms with Crippen LogP contribution in [0.4, 0.5) is 21.4 Å². The summed E-state index contributed by atoms with van der Waals surface area (Å²) in [4.78, 5) is -1.26. The Morgan fingerprint density at radius 2 is 1.21 bits per heavy atom. The molecule has 0 aromatic heterocycles. The fraction of sp³-hybridized carbons (Fsp3) is 0.250. The van der Waals surface area contributed by atoms with Gasteiger partial charge < -0.3 is 0 Å². The topological polar surface area (TPSA) is 68.3 Å². The van der Waals surface area contributed by atoms with Crippen LogP contribution in [0.2, 0.25) is 0 Å². The van der Waals surface area contributed by atoms with Crippen molar-refractivity contribution < 1.29 is 38.3 Å². The predicted molar refractivity (Wildman–Crippen MR) is 53.5 cm³/mol. The summed E-state index contributed by atoms with van der Waals surface area (Å²) in [6, 6.07) is 4.20. The van der Waals surface area contributed by atoms with Crippen molar-refractivity contribution in [2.24, 2.45) is 0 Å². The second-order valence-electron chi connectivity index (χ2n) is 3.29. The van der Waals surface area contributed by atoms with Gasteiger partial charge in [0.15, 0.2) is 0 Å². The molecular weight excluding hydrogens is 319 g/mol. The van der Waals surface area contributed by atoms with Crippen LogP contribution in [0.3, 0.4) is 0 Å². The highest BCUT2D eigenvalue weighted by molar-refractivity contribution is 7.94. The van der Waals surface area contributed by atoms with Crippen LogP contribution >= 0.6 is 0 Å². The average Bonchev–Trinajstić information content (AvgIpc) is 2.28. The molecule has 0 aliphatic rings. The van der Waals surface area contributed by atoms with Gasteiger partial charge in [-0.1, -0.05) is 22.1 Å². The monoisotopic (exact) mass is 324 g/mol. The van der Waals surface area contributed by atoms with Gasteiger partial charge in [0.05, 0.1) is 4.90 Å². The van der Waals surface area contributed by atoms with Gasteiger partial charge in [0.1, 0.15) is 0 Å². The van der Waals surface area contributed by atoms with Gasteiger partial charge in [-0.05, 0) is 12.1 Å². The molecule has 0 radical (unpaired) electrons. The second-order valence-corrected chi connectivity index (χ2v) is 6.67. The number of benzene rings is 1. The maximum atomic E-state index is 13.2. The van der Waals surface area contributed by atoms with E-state index in [2.05, 4.69) is 0 Å². The van der Waals surface area contributed by atoms with E-state index in [4.69, 9.17) is 0 Å². The van der Waals surface area contributed by atoms with Crippen LogP contribution in [-0.4, -0.2) is 27.3 Å². The number of alkyl halides is 4. The summed E-state index contributed by atoms with van der Waals surface area (Å²) in [7, 11) is -13.2. The van der Waals surface area contributed by atoms with Gasteiger partial charge in [0, 0.05) is 0 Å². The summed E-state index contributed by atoms with van der Waals surface area (Å²) in [6.07, 6.45) is 0. The molecule has 0 heterocycles. The fourth-order valence-electron chi connectivity index (χ4n) is 1.05. The molecule has 0 spiro atoms. The first-order valence-electron chi connectivity index (χ1n) is 4.35. The Morgan fingerprint density at radius 3 is 1.58 bits per heavy atom. The van der Waals surface area contributed by atoms with E-state index in [0.29, 0.717) is 12.1 Å². The van der Waals surface area contributed by atoms with Crippen LogP contribution in [0.25, 0.3) is 0 Å². The number of hydrogen-bond acceptors (Lipinski definition) is 4. The zero-order valence-electron chi connectivity index (χ0n) is 8.73. The molecule has 0 N–H and O–H groups in total. The molecule has 0 bridgehead atoms. The van der Waals surface area contributed by atoms with E-state index in [-0.39, 0.29) is 0 Å². The zero-order chi connectivity index (χ0) is 15.1. The van der Waals surface area contributed by atoms with Gasteiger partial charge in [-0.25, -0.2) is 8.42 Å². The molecule has 0 saturated carbocycles. The molecule has 0 aliphatic carbocycles. The van der Waals surface area contributed by atoms with Crippen LogP contribution in [0, 0.1) is 0 Å². The molecule has 0 fully saturated rings. The third kappa shape index (κ3) is 2.31. The molecular formula is C8H5F5O4S2. The van der Waals surface area contributed by atoms with Crippen molar-refractivity contribution in [2.75, 3.05) is 0 Å². The predicted octanol–water partition coefficient (Wildman–Crippen LogP) is 1.95. The summed E-state index contributed by atoms with van der Waals surface area (Å²) < 4.78 is 107. The molecule has 4 nitrogen and oxygen atoms in total. The highest BCUT2D eigenvalue weighted by Crippen LogP contribution is 2.45. The highest BCUT2D eigenvalue weighted by Gasteiger charge is 2.74. The molecule has 1 aromatic carbocycles. The lowest BCUT2D eigenvalue weighted by atomic mass is 10.4. The van der Waals surface area contributed by atoms with E-state index in [1.54, 1.807) is 0 Å². The smallest absolute Gasteiger partial charge is 0.217 e. The fourth-order valence-corrected chi connectivity index (χ4v) is 3.08. The van der Waals surface area contributed by atoms with Crippen LogP contribution in [0.1, 0.15) is 0 Å². The Balaban J connectivity index is 3.53. The molecule has 0 unspecified atom stereocenters. The SMILES string of the molecule is O=S(=O)(F)C(F)(F)C(F)(F)S(=O)(=O)c1ccccc1. The normalized spacial score (nSPS) is 14.4. The van der Waals surface area contributed by atoms with E-state index in [1.807, 2.05) is 0 Å². The summed E-state index contributed by atoms with van der Waals surface area (Å²) in [6.45, 7) is 0. The van der Waals surface area contributed by atoms with Gasteiger partial charge in [-0.2, -0.15) is 26.0 Å². The summed E-state index contributed by atoms with van der Waals surface area (Å²) in [5.41, 5.74) is 0. The van der Waals surface area contributed by atoms with Crippen molar-refractivity contribution in [3.63, 3.8) is 0 Å². The first-order valence-corrected chi connectivity index (χ1v) is 7.22. The number of halogens is 5. The van der Waals surface area contributed by atoms with Crippen LogP contribution in [-0.2, 0) is 20.1 Å². The maximum absolute atomic E-state index is 13.2. The van der Waals surface area contributed by atoms with Crippen molar-refractivity contribution in [1.82, 2.24) is 0 Å². The van der Waals surface area contributed by atoms with Crippen molar-refractivity contribution >= 4 is 20.1 Å². The zero-order valence-corrected chi connectivity index (χ0v) is 10.4. The van der Waals surface area contributed by atoms with Gasteiger partial charge in [-0.15, -0.1) is 0 Å². The first-order chi connectivity index (χ1) is 8.36. The maximum Gasteiger partial charge on any atom is 0.451 e. The Bertz CT molecular complexity index is 666. The lowest BCUT2D eigenvalue weighted by molar-refractivity contribution is -0.0992. The van der Waals surface area contributed by atoms with Crippen molar-refractivity contribution in [2.45, 2.75) is 15.4 Å². The van der Waals surface area contributed by atoms with Gasteiger partial charge in [0.2, 0.25) is 0 Å². The lowest BCUT2D eigenvalue weighted by Gasteiger charge is -2.22. The Hall–Kier alpha value is -1.23. The van der Waals surface area contributed by atoms with E-state index in [1.165, 1.54) is 6.07 Å². The summed E-state index contributed by atoms with van der Waals surface area (Å²) in [5.74, 6) is 0. The van der Waals surface area contributed by atoms with Gasteiger partial charge in [0.25, 0.3) is 9.84 Å². The van der Waals surface area contributed by atoms with Crippen LogP contribution in [0.15, 0.2) is 35.2 Å². The molecule has 0 saturated heterocycles. The lowest BCUT2D eigenvalue weighted by Crippen LogP contribution is -2.50. The van der Waals surface area contributed by atoms with E-state index in [9.17, 15) is 38.3 Å². The number of rotatable bonds is 4. The van der Waals surface area contributed by atoms with Crippen molar-refractivity contribution in [1.29, 1.82) is 0 Å². The Labute approximate surface area is 105 Å². The first kappa shape index (κ1) is 15.8. The minimum atomic E-state index is -7.11. The Kier molecular flexibility index (Phi) is 3.67. The molecule has 0 aliphatic heterocycles. The molecule has 0 amide bonds. The van der Waals surface area contributed by atoms with Crippen molar-refractivity contribution in [3.05, 3.63) is 30.3 Å². The molecule has 1 aromatic rings. The average molecular weight is 324 g/mol. The third-order valence-electron chi connectivity index (χ3n) is 2.04. The molecule has 108 valence electrons. The van der Waals surface area contributed by atoms with E-state index < -0.39 is 35.5 Å². The quantitative estimate of drug-likeness (QED) is 0.627. The summed E-state index contributed by atoms with van der Waals surface area (Å²) >= 11 is 0. The molecule has 0 atom stereocenters. The van der Waals surface area contributed by atoms with Gasteiger partial charge >= 0.3 is 20.7 Å². The molecule has 11 heteroatoms. The standard InChI is InChI=1S/C8H5F5O4S2/c9-7(10,8(11,12)19(13,16)17)18(14,15)6-4-2-1-3-5-6/h1-5H. The molecule has 1 rings (SSSR count). The second kappa shape index (κ2) is 4.40. The van der Waals surface area contributed by atoms with Crippen LogP contribution < -0.4 is 0 Å². The van der Waals surface area contributed by atoms with Crippen LogP contribution in [0.5, 0.6) is 0 Å². The number of sulfone groups is 1. The largest absolute Gasteiger partial charge is 0.451 e. The Morgan fingerprint density at radius 1 is 0.789 bits per heavy atom.